The maximum absolute atomic E-state index is 12.3. The van der Waals surface area contributed by atoms with Gasteiger partial charge >= 0.3 is 0 Å². The standard InChI is InChI=1S/C12H22N4O2S2/c1-9-11(8-13-10-4-5-10)12(16-15-9)20(17,18)14-6-3-7-19-2/h10,13-14H,3-8H2,1-2H3,(H,15,16). The molecule has 0 aliphatic heterocycles. The Morgan fingerprint density at radius 2 is 2.20 bits per heavy atom. The van der Waals surface area contributed by atoms with E-state index in [0.29, 0.717) is 19.1 Å². The van der Waals surface area contributed by atoms with Gasteiger partial charge in [0.2, 0.25) is 0 Å². The Morgan fingerprint density at radius 3 is 2.85 bits per heavy atom. The lowest BCUT2D eigenvalue weighted by Gasteiger charge is -2.07. The van der Waals surface area contributed by atoms with Crippen LogP contribution < -0.4 is 10.0 Å². The molecule has 1 saturated carbocycles. The zero-order valence-corrected chi connectivity index (χ0v) is 13.5. The minimum absolute atomic E-state index is 0.132. The lowest BCUT2D eigenvalue weighted by Crippen LogP contribution is -2.27. The van der Waals surface area contributed by atoms with Crippen LogP contribution in [-0.4, -0.2) is 43.2 Å². The van der Waals surface area contributed by atoms with E-state index in [4.69, 9.17) is 0 Å². The molecule has 3 N–H and O–H groups in total. The third-order valence-electron chi connectivity index (χ3n) is 3.25. The first-order chi connectivity index (χ1) is 9.54. The maximum atomic E-state index is 12.3. The largest absolute Gasteiger partial charge is 0.310 e. The molecule has 0 unspecified atom stereocenters. The fraction of sp³-hybridized carbons (Fsp3) is 0.750. The van der Waals surface area contributed by atoms with Gasteiger partial charge in [-0.15, -0.1) is 0 Å². The van der Waals surface area contributed by atoms with Crippen LogP contribution in [0.4, 0.5) is 0 Å². The molecule has 20 heavy (non-hydrogen) atoms. The molecule has 1 heterocycles. The van der Waals surface area contributed by atoms with E-state index in [1.165, 1.54) is 12.8 Å². The summed E-state index contributed by atoms with van der Waals surface area (Å²) in [4.78, 5) is 0. The van der Waals surface area contributed by atoms with Crippen molar-refractivity contribution in [2.45, 2.75) is 43.8 Å². The van der Waals surface area contributed by atoms with Gasteiger partial charge in [-0.1, -0.05) is 0 Å². The quantitative estimate of drug-likeness (QED) is 0.591. The summed E-state index contributed by atoms with van der Waals surface area (Å²) in [5, 5.41) is 10.2. The van der Waals surface area contributed by atoms with Crippen molar-refractivity contribution in [3.63, 3.8) is 0 Å². The van der Waals surface area contributed by atoms with E-state index in [2.05, 4.69) is 20.2 Å². The number of hydrogen-bond acceptors (Lipinski definition) is 5. The van der Waals surface area contributed by atoms with Gasteiger partial charge in [0.15, 0.2) is 5.03 Å². The second kappa shape index (κ2) is 6.93. The summed E-state index contributed by atoms with van der Waals surface area (Å²) in [5.41, 5.74) is 1.55. The zero-order chi connectivity index (χ0) is 14.6. The highest BCUT2D eigenvalue weighted by Crippen LogP contribution is 2.21. The first-order valence-corrected chi connectivity index (χ1v) is 9.68. The van der Waals surface area contributed by atoms with E-state index in [1.807, 2.05) is 13.2 Å². The highest BCUT2D eigenvalue weighted by Gasteiger charge is 2.26. The van der Waals surface area contributed by atoms with Crippen LogP contribution in [0.1, 0.15) is 30.5 Å². The second-order valence-electron chi connectivity index (χ2n) is 5.03. The number of sulfonamides is 1. The molecule has 1 aromatic heterocycles. The molecule has 0 radical (unpaired) electrons. The third-order valence-corrected chi connectivity index (χ3v) is 5.38. The predicted molar refractivity (Wildman–Crippen MR) is 81.4 cm³/mol. The van der Waals surface area contributed by atoms with Crippen LogP contribution in [0.2, 0.25) is 0 Å². The van der Waals surface area contributed by atoms with Crippen molar-refractivity contribution in [3.8, 4) is 0 Å². The molecule has 114 valence electrons. The zero-order valence-electron chi connectivity index (χ0n) is 11.9. The molecule has 6 nitrogen and oxygen atoms in total. The van der Waals surface area contributed by atoms with Crippen LogP contribution in [0.3, 0.4) is 0 Å². The molecule has 0 aromatic carbocycles. The summed E-state index contributed by atoms with van der Waals surface area (Å²) in [6, 6.07) is 0.536. The molecule has 1 aliphatic rings. The first kappa shape index (κ1) is 15.8. The molecule has 0 atom stereocenters. The van der Waals surface area contributed by atoms with E-state index in [-0.39, 0.29) is 5.03 Å². The molecule has 0 bridgehead atoms. The van der Waals surface area contributed by atoms with E-state index in [0.717, 1.165) is 23.4 Å². The van der Waals surface area contributed by atoms with Crippen molar-refractivity contribution in [2.75, 3.05) is 18.6 Å². The minimum Gasteiger partial charge on any atom is -0.310 e. The Bertz CT molecular complexity index is 538. The lowest BCUT2D eigenvalue weighted by atomic mass is 10.2. The lowest BCUT2D eigenvalue weighted by molar-refractivity contribution is 0.573. The number of hydrogen-bond donors (Lipinski definition) is 3. The topological polar surface area (TPSA) is 86.9 Å². The third kappa shape index (κ3) is 4.21. The summed E-state index contributed by atoms with van der Waals surface area (Å²) < 4.78 is 27.1. The number of nitrogens with one attached hydrogen (secondary N) is 3. The van der Waals surface area contributed by atoms with E-state index < -0.39 is 10.0 Å². The summed E-state index contributed by atoms with van der Waals surface area (Å²) in [6.07, 6.45) is 5.17. The molecular weight excluding hydrogens is 296 g/mol. The number of H-pyrrole nitrogens is 1. The number of nitrogens with zero attached hydrogens (tertiary/aromatic N) is 1. The van der Waals surface area contributed by atoms with Crippen molar-refractivity contribution in [2.24, 2.45) is 0 Å². The van der Waals surface area contributed by atoms with Gasteiger partial charge in [-0.3, -0.25) is 5.10 Å². The molecule has 0 amide bonds. The van der Waals surface area contributed by atoms with Crippen molar-refractivity contribution in [1.29, 1.82) is 0 Å². The minimum atomic E-state index is -3.52. The van der Waals surface area contributed by atoms with E-state index in [9.17, 15) is 8.42 Å². The Balaban J connectivity index is 2.01. The average molecular weight is 318 g/mol. The molecule has 8 heteroatoms. The molecule has 1 aliphatic carbocycles. The second-order valence-corrected chi connectivity index (χ2v) is 7.70. The van der Waals surface area contributed by atoms with Gasteiger partial charge in [0.05, 0.1) is 0 Å². The average Bonchev–Trinajstić information content (AvgIpc) is 3.15. The van der Waals surface area contributed by atoms with E-state index >= 15 is 0 Å². The van der Waals surface area contributed by atoms with Crippen molar-refractivity contribution < 1.29 is 8.42 Å². The number of aromatic amines is 1. The van der Waals surface area contributed by atoms with Gasteiger partial charge < -0.3 is 5.32 Å². The Hall–Kier alpha value is -0.570. The number of aromatic nitrogens is 2. The summed E-state index contributed by atoms with van der Waals surface area (Å²) in [5.74, 6) is 0.943. The maximum Gasteiger partial charge on any atom is 0.260 e. The molecule has 0 spiro atoms. The van der Waals surface area contributed by atoms with Crippen LogP contribution in [0.25, 0.3) is 0 Å². The smallest absolute Gasteiger partial charge is 0.260 e. The molecule has 2 rings (SSSR count). The summed E-state index contributed by atoms with van der Waals surface area (Å²) >= 11 is 1.71. The molecule has 0 saturated heterocycles. The van der Waals surface area contributed by atoms with Gasteiger partial charge in [-0.25, -0.2) is 13.1 Å². The number of thioether (sulfide) groups is 1. The van der Waals surface area contributed by atoms with Gasteiger partial charge in [-0.2, -0.15) is 16.9 Å². The van der Waals surface area contributed by atoms with Crippen LogP contribution in [0, 0.1) is 6.92 Å². The van der Waals surface area contributed by atoms with Gasteiger partial charge in [0.25, 0.3) is 10.0 Å². The first-order valence-electron chi connectivity index (χ1n) is 6.80. The number of rotatable bonds is 9. The Kier molecular flexibility index (Phi) is 5.48. The van der Waals surface area contributed by atoms with Gasteiger partial charge in [-0.05, 0) is 38.2 Å². The normalized spacial score (nSPS) is 15.7. The van der Waals surface area contributed by atoms with E-state index in [1.54, 1.807) is 11.8 Å². The molecule has 1 fully saturated rings. The molecular formula is C12H22N4O2S2. The highest BCUT2D eigenvalue weighted by molar-refractivity contribution is 7.98. The SMILES string of the molecule is CSCCCNS(=O)(=O)c1n[nH]c(C)c1CNC1CC1. The van der Waals surface area contributed by atoms with Crippen molar-refractivity contribution in [3.05, 3.63) is 11.3 Å². The van der Waals surface area contributed by atoms with Crippen LogP contribution in [0.15, 0.2) is 5.03 Å². The van der Waals surface area contributed by atoms with Crippen LogP contribution in [0.5, 0.6) is 0 Å². The number of aryl methyl sites for hydroxylation is 1. The fourth-order valence-corrected chi connectivity index (χ4v) is 3.58. The monoisotopic (exact) mass is 318 g/mol. The fourth-order valence-electron chi connectivity index (χ4n) is 1.89. The highest BCUT2D eigenvalue weighted by atomic mass is 32.2. The summed E-state index contributed by atoms with van der Waals surface area (Å²) in [6.45, 7) is 2.85. The molecule has 1 aromatic rings. The van der Waals surface area contributed by atoms with Crippen molar-refractivity contribution >= 4 is 21.8 Å². The van der Waals surface area contributed by atoms with Gasteiger partial charge in [0.1, 0.15) is 0 Å². The van der Waals surface area contributed by atoms with Crippen LogP contribution in [-0.2, 0) is 16.6 Å². The van der Waals surface area contributed by atoms with Crippen molar-refractivity contribution in [1.82, 2.24) is 20.2 Å². The Labute approximate surface area is 124 Å². The summed E-state index contributed by atoms with van der Waals surface area (Å²) in [7, 11) is -3.52. The van der Waals surface area contributed by atoms with Gasteiger partial charge in [0, 0.05) is 30.4 Å². The Morgan fingerprint density at radius 1 is 1.45 bits per heavy atom. The predicted octanol–water partition coefficient (Wildman–Crippen LogP) is 1.00. The van der Waals surface area contributed by atoms with Crippen LogP contribution >= 0.6 is 11.8 Å².